The fourth-order valence-electron chi connectivity index (χ4n) is 5.14. The van der Waals surface area contributed by atoms with E-state index < -0.39 is 23.4 Å². The smallest absolute Gasteiger partial charge is 0.228 e. The number of hydrogen-bond donors (Lipinski definition) is 1. The van der Waals surface area contributed by atoms with E-state index in [1.165, 1.54) is 89.9 Å². The van der Waals surface area contributed by atoms with Crippen LogP contribution in [0.25, 0.3) is 0 Å². The molecule has 0 aromatic heterocycles. The van der Waals surface area contributed by atoms with Crippen molar-refractivity contribution >= 4 is 17.5 Å². The number of allylic oxidation sites excluding steroid dienone is 4. The third-order valence-electron chi connectivity index (χ3n) is 7.85. The Balaban J connectivity index is 3.80. The topological polar surface area (TPSA) is 77.2 Å². The molecule has 0 aliphatic carbocycles. The Morgan fingerprint density at radius 2 is 0.850 bits per heavy atom. The molecule has 1 atom stereocenters. The third kappa shape index (κ3) is 25.3. The van der Waals surface area contributed by atoms with E-state index in [-0.39, 0.29) is 6.42 Å². The molecular weight excluding hydrogens is 494 g/mol. The second-order valence-corrected chi connectivity index (χ2v) is 11.7. The average Bonchev–Trinajstić information content (AvgIpc) is 2.94. The molecule has 40 heavy (non-hydrogen) atoms. The molecule has 0 bridgehead atoms. The minimum absolute atomic E-state index is 0.238. The maximum absolute atomic E-state index is 12.5. The van der Waals surface area contributed by atoms with Crippen LogP contribution < -0.4 is 5.73 Å². The van der Waals surface area contributed by atoms with Gasteiger partial charge in [0, 0.05) is 6.42 Å². The minimum atomic E-state index is -0.943. The van der Waals surface area contributed by atoms with Crippen LogP contribution >= 0.6 is 0 Å². The van der Waals surface area contributed by atoms with Gasteiger partial charge in [-0.2, -0.15) is 0 Å². The number of carbonyl (C=O) groups is 3. The molecule has 0 spiro atoms. The highest BCUT2D eigenvalue weighted by Crippen LogP contribution is 2.16. The van der Waals surface area contributed by atoms with Gasteiger partial charge in [0.2, 0.25) is 11.7 Å². The van der Waals surface area contributed by atoms with Crippen molar-refractivity contribution in [1.82, 2.24) is 0 Å². The first kappa shape index (κ1) is 38.3. The fourth-order valence-corrected chi connectivity index (χ4v) is 5.14. The molecule has 4 heteroatoms. The molecule has 0 rings (SSSR count). The van der Waals surface area contributed by atoms with E-state index in [1.54, 1.807) is 0 Å². The number of carbonyl (C=O) groups excluding carboxylic acids is 3. The molecule has 0 aliphatic rings. The summed E-state index contributed by atoms with van der Waals surface area (Å²) in [5.41, 5.74) is 5.48. The van der Waals surface area contributed by atoms with Gasteiger partial charge in [0.15, 0.2) is 5.78 Å². The normalized spacial score (nSPS) is 12.4. The van der Waals surface area contributed by atoms with E-state index in [0.717, 1.165) is 57.8 Å². The predicted molar refractivity (Wildman–Crippen MR) is 172 cm³/mol. The van der Waals surface area contributed by atoms with Crippen molar-refractivity contribution in [1.29, 1.82) is 0 Å². The van der Waals surface area contributed by atoms with Crippen LogP contribution in [0.1, 0.15) is 181 Å². The first-order valence-corrected chi connectivity index (χ1v) is 17.2. The Morgan fingerprint density at radius 1 is 0.500 bits per heavy atom. The lowest BCUT2D eigenvalue weighted by molar-refractivity contribution is -0.142. The van der Waals surface area contributed by atoms with Gasteiger partial charge in [0.05, 0.1) is 0 Å². The van der Waals surface area contributed by atoms with E-state index in [4.69, 9.17) is 5.73 Å². The van der Waals surface area contributed by atoms with Gasteiger partial charge in [-0.1, -0.05) is 134 Å². The number of Topliss-reactive ketones (excluding diaryl/α,β-unsaturated/α-hetero) is 2. The van der Waals surface area contributed by atoms with Gasteiger partial charge in [-0.3, -0.25) is 14.4 Å². The molecule has 0 fully saturated rings. The van der Waals surface area contributed by atoms with Gasteiger partial charge in [-0.25, -0.2) is 0 Å². The molecule has 0 aromatic rings. The summed E-state index contributed by atoms with van der Waals surface area (Å²) in [6, 6.07) is 0. The molecule has 0 heterocycles. The summed E-state index contributed by atoms with van der Waals surface area (Å²) in [6.45, 7) is 4.50. The average molecular weight is 560 g/mol. The Bertz CT molecular complexity index is 667. The summed E-state index contributed by atoms with van der Waals surface area (Å²) in [4.78, 5) is 36.8. The SMILES string of the molecule is CCCCCCCC/C=C\CCCCCCC(=O)C(=O)C(CCCCCC/C=C\CCCCCCCC)C(N)=O. The molecule has 1 amide bonds. The van der Waals surface area contributed by atoms with Gasteiger partial charge in [0.1, 0.15) is 5.92 Å². The predicted octanol–water partition coefficient (Wildman–Crippen LogP) is 10.5. The van der Waals surface area contributed by atoms with E-state index in [2.05, 4.69) is 38.2 Å². The summed E-state index contributed by atoms with van der Waals surface area (Å²) in [7, 11) is 0. The van der Waals surface area contributed by atoms with Crippen LogP contribution in [0, 0.1) is 5.92 Å². The Kier molecular flexibility index (Phi) is 29.0. The van der Waals surface area contributed by atoms with E-state index in [1.807, 2.05) is 0 Å². The maximum Gasteiger partial charge on any atom is 0.228 e. The zero-order valence-corrected chi connectivity index (χ0v) is 26.6. The largest absolute Gasteiger partial charge is 0.369 e. The molecule has 0 aromatic carbocycles. The molecule has 4 nitrogen and oxygen atoms in total. The standard InChI is InChI=1S/C36H65NO3/c1-3-5-7-9-11-13-15-17-19-21-23-25-27-29-31-33(36(37)40)35(39)34(38)32-30-28-26-24-22-20-18-16-14-12-10-8-6-4-2/h17-20,33H,3-16,21-32H2,1-2H3,(H2,37,40)/b19-17-,20-18-. The Labute approximate surface area is 248 Å². The highest BCUT2D eigenvalue weighted by molar-refractivity contribution is 6.41. The highest BCUT2D eigenvalue weighted by Gasteiger charge is 2.28. The first-order chi connectivity index (χ1) is 19.5. The van der Waals surface area contributed by atoms with Gasteiger partial charge in [-0.05, 0) is 64.2 Å². The molecule has 1 unspecified atom stereocenters. The fraction of sp³-hybridized carbons (Fsp3) is 0.806. The van der Waals surface area contributed by atoms with Gasteiger partial charge in [-0.15, -0.1) is 0 Å². The molecule has 0 aliphatic heterocycles. The van der Waals surface area contributed by atoms with Crippen LogP contribution in [0.4, 0.5) is 0 Å². The van der Waals surface area contributed by atoms with Gasteiger partial charge >= 0.3 is 0 Å². The molecule has 0 saturated heterocycles. The van der Waals surface area contributed by atoms with Crippen LogP contribution in [0.2, 0.25) is 0 Å². The summed E-state index contributed by atoms with van der Waals surface area (Å²) in [5, 5.41) is 0. The molecular formula is C36H65NO3. The van der Waals surface area contributed by atoms with E-state index in [9.17, 15) is 14.4 Å². The summed E-state index contributed by atoms with van der Waals surface area (Å²) in [6.07, 6.45) is 38.2. The van der Waals surface area contributed by atoms with Crippen molar-refractivity contribution in [2.24, 2.45) is 11.7 Å². The van der Waals surface area contributed by atoms with Crippen molar-refractivity contribution in [2.45, 2.75) is 181 Å². The highest BCUT2D eigenvalue weighted by atomic mass is 16.2. The summed E-state index contributed by atoms with van der Waals surface area (Å²) < 4.78 is 0. The van der Waals surface area contributed by atoms with Crippen LogP contribution in [-0.2, 0) is 14.4 Å². The van der Waals surface area contributed by atoms with Crippen LogP contribution in [0.5, 0.6) is 0 Å². The van der Waals surface area contributed by atoms with Crippen molar-refractivity contribution in [2.75, 3.05) is 0 Å². The Hall–Kier alpha value is -1.71. The minimum Gasteiger partial charge on any atom is -0.369 e. The number of amides is 1. The number of nitrogens with two attached hydrogens (primary N) is 1. The van der Waals surface area contributed by atoms with Crippen molar-refractivity contribution < 1.29 is 14.4 Å². The third-order valence-corrected chi connectivity index (χ3v) is 7.85. The number of ketones is 2. The summed E-state index contributed by atoms with van der Waals surface area (Å²) >= 11 is 0. The van der Waals surface area contributed by atoms with E-state index in [0.29, 0.717) is 12.8 Å². The quantitative estimate of drug-likeness (QED) is 0.0397. The second-order valence-electron chi connectivity index (χ2n) is 11.7. The lowest BCUT2D eigenvalue weighted by Crippen LogP contribution is -2.34. The summed E-state index contributed by atoms with van der Waals surface area (Å²) in [5.74, 6) is -2.58. The molecule has 0 saturated carbocycles. The first-order valence-electron chi connectivity index (χ1n) is 17.2. The monoisotopic (exact) mass is 559 g/mol. The van der Waals surface area contributed by atoms with Crippen molar-refractivity contribution in [3.05, 3.63) is 24.3 Å². The second kappa shape index (κ2) is 30.3. The molecule has 0 radical (unpaired) electrons. The molecule has 232 valence electrons. The van der Waals surface area contributed by atoms with Crippen molar-refractivity contribution in [3.8, 4) is 0 Å². The zero-order chi connectivity index (χ0) is 29.5. The van der Waals surface area contributed by atoms with Gasteiger partial charge < -0.3 is 5.73 Å². The van der Waals surface area contributed by atoms with Crippen LogP contribution in [0.3, 0.4) is 0 Å². The van der Waals surface area contributed by atoms with Crippen LogP contribution in [0.15, 0.2) is 24.3 Å². The van der Waals surface area contributed by atoms with Crippen LogP contribution in [-0.4, -0.2) is 17.5 Å². The number of rotatable bonds is 31. The lowest BCUT2D eigenvalue weighted by atomic mass is 9.91. The van der Waals surface area contributed by atoms with Crippen molar-refractivity contribution in [3.63, 3.8) is 0 Å². The maximum atomic E-state index is 12.5. The molecule has 2 N–H and O–H groups in total. The zero-order valence-electron chi connectivity index (χ0n) is 26.6. The number of hydrogen-bond acceptors (Lipinski definition) is 3. The van der Waals surface area contributed by atoms with Gasteiger partial charge in [0.25, 0.3) is 0 Å². The lowest BCUT2D eigenvalue weighted by Gasteiger charge is -2.11. The Morgan fingerprint density at radius 3 is 1.25 bits per heavy atom. The number of primary amides is 1. The van der Waals surface area contributed by atoms with E-state index >= 15 is 0 Å². The number of unbranched alkanes of at least 4 members (excludes halogenated alkanes) is 20.